The van der Waals surface area contributed by atoms with Crippen molar-refractivity contribution < 1.29 is 14.0 Å². The van der Waals surface area contributed by atoms with Gasteiger partial charge in [-0.2, -0.15) is 0 Å². The van der Waals surface area contributed by atoms with E-state index >= 15 is 0 Å². The lowest BCUT2D eigenvalue weighted by Gasteiger charge is -2.56. The molecule has 0 N–H and O–H groups in total. The zero-order valence-corrected chi connectivity index (χ0v) is 13.8. The summed E-state index contributed by atoms with van der Waals surface area (Å²) < 4.78 is 14.5. The first kappa shape index (κ1) is 15.0. The number of carbonyl (C=O) groups is 2. The predicted molar refractivity (Wildman–Crippen MR) is 86.2 cm³/mol. The minimum atomic E-state index is -0.616. The van der Waals surface area contributed by atoms with Crippen LogP contribution in [0.4, 0.5) is 4.39 Å². The fourth-order valence-corrected chi connectivity index (χ4v) is 6.08. The van der Waals surface area contributed by atoms with Crippen LogP contribution in [0.25, 0.3) is 0 Å². The summed E-state index contributed by atoms with van der Waals surface area (Å²) in [6.07, 6.45) is 7.44. The molecule has 4 aliphatic carbocycles. The topological polar surface area (TPSA) is 34.1 Å². The molecule has 4 aliphatic rings. The SMILES string of the molecule is C=C1C[C@@H]2[C@H](CC[C@]3(C)C(=O)CC[C@@H]23)[C@@]2(C)C=CC(=O)C(F)=C12. The zero-order chi connectivity index (χ0) is 16.6. The van der Waals surface area contributed by atoms with Crippen LogP contribution in [0.1, 0.15) is 46.0 Å². The smallest absolute Gasteiger partial charge is 0.214 e. The van der Waals surface area contributed by atoms with E-state index in [0.29, 0.717) is 35.5 Å². The van der Waals surface area contributed by atoms with Crippen molar-refractivity contribution >= 4 is 11.6 Å². The summed E-state index contributed by atoms with van der Waals surface area (Å²) in [6.45, 7) is 8.28. The Morgan fingerprint density at radius 1 is 1.22 bits per heavy atom. The third-order valence-corrected chi connectivity index (χ3v) is 7.31. The number of hydrogen-bond donors (Lipinski definition) is 0. The summed E-state index contributed by atoms with van der Waals surface area (Å²) in [4.78, 5) is 24.2. The van der Waals surface area contributed by atoms with Gasteiger partial charge in [0.1, 0.15) is 5.78 Å². The van der Waals surface area contributed by atoms with E-state index in [1.807, 2.05) is 13.0 Å². The molecule has 3 saturated carbocycles. The first-order valence-electron chi connectivity index (χ1n) is 8.64. The van der Waals surface area contributed by atoms with Gasteiger partial charge in [0, 0.05) is 22.8 Å². The molecule has 0 aliphatic heterocycles. The van der Waals surface area contributed by atoms with Crippen LogP contribution in [0.3, 0.4) is 0 Å². The molecule has 0 spiro atoms. The number of Topliss-reactive ketones (excluding diaryl/α,β-unsaturated/α-hetero) is 1. The lowest BCUT2D eigenvalue weighted by Crippen LogP contribution is -2.50. The van der Waals surface area contributed by atoms with E-state index in [4.69, 9.17) is 0 Å². The predicted octanol–water partition coefficient (Wildman–Crippen LogP) is 4.33. The van der Waals surface area contributed by atoms with E-state index in [-0.39, 0.29) is 5.41 Å². The van der Waals surface area contributed by atoms with Gasteiger partial charge in [-0.25, -0.2) is 4.39 Å². The normalized spacial score (nSPS) is 45.9. The number of carbonyl (C=O) groups excluding carboxylic acids is 2. The molecule has 4 rings (SSSR count). The highest BCUT2D eigenvalue weighted by atomic mass is 19.1. The molecule has 0 bridgehead atoms. The highest BCUT2D eigenvalue weighted by Crippen LogP contribution is 2.64. The van der Waals surface area contributed by atoms with E-state index < -0.39 is 17.0 Å². The van der Waals surface area contributed by atoms with Crippen LogP contribution in [0, 0.1) is 28.6 Å². The average Bonchev–Trinajstić information content (AvgIpc) is 2.79. The summed E-state index contributed by atoms with van der Waals surface area (Å²) in [5.74, 6) is 0.286. The Hall–Kier alpha value is -1.51. The number of ketones is 2. The van der Waals surface area contributed by atoms with Crippen LogP contribution < -0.4 is 0 Å². The Balaban J connectivity index is 1.81. The fourth-order valence-electron chi connectivity index (χ4n) is 6.08. The van der Waals surface area contributed by atoms with Crippen LogP contribution in [-0.4, -0.2) is 11.6 Å². The van der Waals surface area contributed by atoms with Gasteiger partial charge in [0.05, 0.1) is 0 Å². The lowest BCUT2D eigenvalue weighted by molar-refractivity contribution is -0.131. The Labute approximate surface area is 136 Å². The van der Waals surface area contributed by atoms with Gasteiger partial charge >= 0.3 is 0 Å². The first-order chi connectivity index (χ1) is 10.8. The molecule has 0 unspecified atom stereocenters. The van der Waals surface area contributed by atoms with Gasteiger partial charge in [-0.1, -0.05) is 26.5 Å². The molecule has 0 saturated heterocycles. The van der Waals surface area contributed by atoms with Gasteiger partial charge < -0.3 is 0 Å². The summed E-state index contributed by atoms with van der Waals surface area (Å²) in [5.41, 5.74) is 0.628. The van der Waals surface area contributed by atoms with Crippen LogP contribution in [0.2, 0.25) is 0 Å². The second-order valence-electron chi connectivity index (χ2n) is 8.27. The second kappa shape index (κ2) is 4.52. The summed E-state index contributed by atoms with van der Waals surface area (Å²) in [6, 6.07) is 0. The summed E-state index contributed by atoms with van der Waals surface area (Å²) in [5, 5.41) is 0. The molecule has 0 aromatic rings. The van der Waals surface area contributed by atoms with Crippen molar-refractivity contribution in [3.8, 4) is 0 Å². The Morgan fingerprint density at radius 2 is 1.96 bits per heavy atom. The highest BCUT2D eigenvalue weighted by Gasteiger charge is 2.59. The maximum atomic E-state index is 14.5. The van der Waals surface area contributed by atoms with Crippen molar-refractivity contribution in [2.75, 3.05) is 0 Å². The molecule has 23 heavy (non-hydrogen) atoms. The van der Waals surface area contributed by atoms with Crippen molar-refractivity contribution in [1.29, 1.82) is 0 Å². The first-order valence-corrected chi connectivity index (χ1v) is 8.64. The van der Waals surface area contributed by atoms with Gasteiger partial charge in [-0.15, -0.1) is 0 Å². The standard InChI is InChI=1S/C20H23FO2/c1-11-10-12-13-4-5-16(23)19(13,2)8-6-14(12)20(3)9-7-15(22)18(21)17(11)20/h7,9,12-14H,1,4-6,8,10H2,2-3H3/t12-,13-,14-,19-,20+/m0/s1. The minimum absolute atomic E-state index is 0.203. The zero-order valence-electron chi connectivity index (χ0n) is 13.8. The molecule has 3 fully saturated rings. The van der Waals surface area contributed by atoms with E-state index in [2.05, 4.69) is 13.5 Å². The number of hydrogen-bond acceptors (Lipinski definition) is 2. The molecular weight excluding hydrogens is 291 g/mol. The number of rotatable bonds is 0. The highest BCUT2D eigenvalue weighted by molar-refractivity contribution is 6.05. The van der Waals surface area contributed by atoms with Gasteiger partial charge in [-0.3, -0.25) is 9.59 Å². The maximum absolute atomic E-state index is 14.5. The molecule has 122 valence electrons. The van der Waals surface area contributed by atoms with E-state index in [1.54, 1.807) is 0 Å². The van der Waals surface area contributed by atoms with Crippen molar-refractivity contribution in [3.63, 3.8) is 0 Å². The molecule has 0 amide bonds. The van der Waals surface area contributed by atoms with Crippen molar-refractivity contribution in [2.45, 2.75) is 46.0 Å². The van der Waals surface area contributed by atoms with Crippen molar-refractivity contribution in [3.05, 3.63) is 35.7 Å². The van der Waals surface area contributed by atoms with Gasteiger partial charge in [0.2, 0.25) is 5.78 Å². The van der Waals surface area contributed by atoms with Crippen LogP contribution in [0.5, 0.6) is 0 Å². The Kier molecular flexibility index (Phi) is 2.96. The molecule has 2 nitrogen and oxygen atoms in total. The molecule has 0 heterocycles. The van der Waals surface area contributed by atoms with E-state index in [0.717, 1.165) is 31.3 Å². The van der Waals surface area contributed by atoms with Crippen molar-refractivity contribution in [2.24, 2.45) is 28.6 Å². The number of allylic oxidation sites excluding steroid dienone is 5. The number of halogens is 1. The average molecular weight is 314 g/mol. The van der Waals surface area contributed by atoms with Crippen molar-refractivity contribution in [1.82, 2.24) is 0 Å². The third kappa shape index (κ3) is 1.74. The van der Waals surface area contributed by atoms with Gasteiger partial charge in [0.15, 0.2) is 5.83 Å². The Bertz CT molecular complexity index is 700. The minimum Gasteiger partial charge on any atom is -0.299 e. The van der Waals surface area contributed by atoms with E-state index in [9.17, 15) is 14.0 Å². The van der Waals surface area contributed by atoms with Gasteiger partial charge in [-0.05, 0) is 55.1 Å². The maximum Gasteiger partial charge on any atom is 0.214 e. The lowest BCUT2D eigenvalue weighted by atomic mass is 9.47. The van der Waals surface area contributed by atoms with Gasteiger partial charge in [0.25, 0.3) is 0 Å². The third-order valence-electron chi connectivity index (χ3n) is 7.31. The molecule has 5 atom stereocenters. The Morgan fingerprint density at radius 3 is 2.70 bits per heavy atom. The second-order valence-corrected chi connectivity index (χ2v) is 8.27. The van der Waals surface area contributed by atoms with Crippen LogP contribution in [-0.2, 0) is 9.59 Å². The number of fused-ring (bicyclic) bond motifs is 5. The monoisotopic (exact) mass is 314 g/mol. The molecule has 0 aromatic carbocycles. The summed E-state index contributed by atoms with van der Waals surface area (Å²) in [7, 11) is 0. The van der Waals surface area contributed by atoms with E-state index in [1.165, 1.54) is 6.08 Å². The largest absolute Gasteiger partial charge is 0.299 e. The summed E-state index contributed by atoms with van der Waals surface area (Å²) >= 11 is 0. The van der Waals surface area contributed by atoms with Crippen LogP contribution in [0.15, 0.2) is 35.7 Å². The fraction of sp³-hybridized carbons (Fsp3) is 0.600. The quantitative estimate of drug-likeness (QED) is 0.667. The molecule has 3 heteroatoms. The molecule has 0 aromatic heterocycles. The molecule has 0 radical (unpaired) electrons. The molecular formula is C20H23FO2. The van der Waals surface area contributed by atoms with Crippen LogP contribution >= 0.6 is 0 Å².